The number of methoxy groups -OCH3 is 1. The van der Waals surface area contributed by atoms with E-state index in [9.17, 15) is 4.79 Å². The maximum absolute atomic E-state index is 12.3. The number of hydrogen-bond donors (Lipinski definition) is 1. The second kappa shape index (κ2) is 7.31. The van der Waals surface area contributed by atoms with Crippen LogP contribution >= 0.6 is 0 Å². The van der Waals surface area contributed by atoms with Gasteiger partial charge in [0, 0.05) is 13.1 Å². The number of rotatable bonds is 6. The fourth-order valence-corrected chi connectivity index (χ4v) is 2.66. The zero-order valence-electron chi connectivity index (χ0n) is 12.7. The van der Waals surface area contributed by atoms with Crippen molar-refractivity contribution >= 4 is 5.91 Å². The number of carbonyl (C=O) groups is 1. The molecule has 1 aliphatic carbocycles. The van der Waals surface area contributed by atoms with E-state index in [0.717, 1.165) is 30.8 Å². The van der Waals surface area contributed by atoms with E-state index in [2.05, 4.69) is 0 Å². The highest BCUT2D eigenvalue weighted by molar-refractivity contribution is 5.79. The SMILES string of the molecule is COc1ccc(OCCN(C)C(=O)C2CCCC2N)cc1. The Morgan fingerprint density at radius 1 is 1.29 bits per heavy atom. The molecule has 0 aromatic heterocycles. The predicted molar refractivity (Wildman–Crippen MR) is 81.4 cm³/mol. The molecule has 2 rings (SSSR count). The van der Waals surface area contributed by atoms with E-state index in [-0.39, 0.29) is 17.9 Å². The molecule has 0 saturated heterocycles. The van der Waals surface area contributed by atoms with Crippen LogP contribution in [0.1, 0.15) is 19.3 Å². The average molecular weight is 292 g/mol. The van der Waals surface area contributed by atoms with E-state index in [4.69, 9.17) is 15.2 Å². The molecule has 1 fully saturated rings. The third kappa shape index (κ3) is 4.11. The van der Waals surface area contributed by atoms with Crippen molar-refractivity contribution < 1.29 is 14.3 Å². The molecule has 0 radical (unpaired) electrons. The summed E-state index contributed by atoms with van der Waals surface area (Å²) in [7, 11) is 3.44. The molecule has 0 aliphatic heterocycles. The zero-order chi connectivity index (χ0) is 15.2. The molecule has 2 N–H and O–H groups in total. The Kier molecular flexibility index (Phi) is 5.44. The van der Waals surface area contributed by atoms with Crippen LogP contribution in [0.25, 0.3) is 0 Å². The molecule has 5 nitrogen and oxygen atoms in total. The van der Waals surface area contributed by atoms with Crippen molar-refractivity contribution in [3.63, 3.8) is 0 Å². The Morgan fingerprint density at radius 2 is 1.95 bits per heavy atom. The summed E-state index contributed by atoms with van der Waals surface area (Å²) in [5, 5.41) is 0. The lowest BCUT2D eigenvalue weighted by Gasteiger charge is -2.23. The van der Waals surface area contributed by atoms with E-state index in [1.165, 1.54) is 0 Å². The normalized spacial score (nSPS) is 21.1. The van der Waals surface area contributed by atoms with Crippen LogP contribution in [0.4, 0.5) is 0 Å². The van der Waals surface area contributed by atoms with Gasteiger partial charge in [-0.1, -0.05) is 6.42 Å². The fourth-order valence-electron chi connectivity index (χ4n) is 2.66. The number of nitrogens with zero attached hydrogens (tertiary/aromatic N) is 1. The van der Waals surface area contributed by atoms with Crippen molar-refractivity contribution in [2.45, 2.75) is 25.3 Å². The number of amides is 1. The van der Waals surface area contributed by atoms with Gasteiger partial charge in [-0.2, -0.15) is 0 Å². The summed E-state index contributed by atoms with van der Waals surface area (Å²) >= 11 is 0. The number of hydrogen-bond acceptors (Lipinski definition) is 4. The molecule has 0 spiro atoms. The summed E-state index contributed by atoms with van der Waals surface area (Å²) < 4.78 is 10.7. The Balaban J connectivity index is 1.75. The van der Waals surface area contributed by atoms with Crippen molar-refractivity contribution in [1.82, 2.24) is 4.90 Å². The standard InChI is InChI=1S/C16H24N2O3/c1-18(16(19)14-4-3-5-15(14)17)10-11-21-13-8-6-12(20-2)7-9-13/h6-9,14-15H,3-5,10-11,17H2,1-2H3. The smallest absolute Gasteiger partial charge is 0.227 e. The van der Waals surface area contributed by atoms with E-state index < -0.39 is 0 Å². The van der Waals surface area contributed by atoms with Crippen molar-refractivity contribution in [1.29, 1.82) is 0 Å². The second-order valence-electron chi connectivity index (χ2n) is 5.49. The number of benzene rings is 1. The molecular formula is C16H24N2O3. The van der Waals surface area contributed by atoms with Crippen LogP contribution < -0.4 is 15.2 Å². The van der Waals surface area contributed by atoms with Crippen LogP contribution in [0, 0.1) is 5.92 Å². The second-order valence-corrected chi connectivity index (χ2v) is 5.49. The lowest BCUT2D eigenvalue weighted by atomic mass is 10.0. The molecule has 5 heteroatoms. The highest BCUT2D eigenvalue weighted by Gasteiger charge is 2.31. The Labute approximate surface area is 126 Å². The highest BCUT2D eigenvalue weighted by Crippen LogP contribution is 2.25. The van der Waals surface area contributed by atoms with Gasteiger partial charge in [0.1, 0.15) is 18.1 Å². The summed E-state index contributed by atoms with van der Waals surface area (Å²) in [5.74, 6) is 1.69. The first-order valence-corrected chi connectivity index (χ1v) is 7.39. The van der Waals surface area contributed by atoms with Gasteiger partial charge in [-0.05, 0) is 37.1 Å². The molecule has 1 aromatic rings. The maximum atomic E-state index is 12.3. The quantitative estimate of drug-likeness (QED) is 0.866. The van der Waals surface area contributed by atoms with Gasteiger partial charge in [-0.15, -0.1) is 0 Å². The number of carbonyl (C=O) groups excluding carboxylic acids is 1. The van der Waals surface area contributed by atoms with Crippen molar-refractivity contribution in [2.24, 2.45) is 11.7 Å². The molecule has 0 bridgehead atoms. The lowest BCUT2D eigenvalue weighted by molar-refractivity contribution is -0.134. The molecule has 1 aliphatic rings. The van der Waals surface area contributed by atoms with Gasteiger partial charge in [-0.3, -0.25) is 4.79 Å². The van der Waals surface area contributed by atoms with Crippen molar-refractivity contribution in [2.75, 3.05) is 27.3 Å². The van der Waals surface area contributed by atoms with E-state index >= 15 is 0 Å². The van der Waals surface area contributed by atoms with Crippen LogP contribution in [0.3, 0.4) is 0 Å². The van der Waals surface area contributed by atoms with E-state index in [1.807, 2.05) is 31.3 Å². The minimum absolute atomic E-state index is 0.0162. The molecule has 1 saturated carbocycles. The van der Waals surface area contributed by atoms with Gasteiger partial charge in [0.2, 0.25) is 5.91 Å². The van der Waals surface area contributed by atoms with Gasteiger partial charge < -0.3 is 20.1 Å². The van der Waals surface area contributed by atoms with Gasteiger partial charge in [0.25, 0.3) is 0 Å². The van der Waals surface area contributed by atoms with Crippen LogP contribution in [0.2, 0.25) is 0 Å². The molecular weight excluding hydrogens is 268 g/mol. The predicted octanol–water partition coefficient (Wildman–Crippen LogP) is 1.66. The molecule has 21 heavy (non-hydrogen) atoms. The number of ether oxygens (including phenoxy) is 2. The molecule has 2 atom stereocenters. The first-order valence-electron chi connectivity index (χ1n) is 7.39. The molecule has 0 heterocycles. The van der Waals surface area contributed by atoms with Crippen molar-refractivity contribution in [3.8, 4) is 11.5 Å². The molecule has 1 amide bonds. The summed E-state index contributed by atoms with van der Waals surface area (Å²) in [6.07, 6.45) is 2.91. The summed E-state index contributed by atoms with van der Waals surface area (Å²) in [6.45, 7) is 1.03. The minimum atomic E-state index is -0.0176. The Morgan fingerprint density at radius 3 is 2.52 bits per heavy atom. The van der Waals surface area contributed by atoms with Gasteiger partial charge in [-0.25, -0.2) is 0 Å². The molecule has 116 valence electrons. The Hall–Kier alpha value is -1.75. The fraction of sp³-hybridized carbons (Fsp3) is 0.562. The number of nitrogens with two attached hydrogens (primary N) is 1. The van der Waals surface area contributed by atoms with Crippen LogP contribution in [-0.2, 0) is 4.79 Å². The topological polar surface area (TPSA) is 64.8 Å². The van der Waals surface area contributed by atoms with Crippen LogP contribution in [0.5, 0.6) is 11.5 Å². The van der Waals surface area contributed by atoms with E-state index in [1.54, 1.807) is 12.0 Å². The van der Waals surface area contributed by atoms with Gasteiger partial charge in [0.05, 0.1) is 19.6 Å². The summed E-state index contributed by atoms with van der Waals surface area (Å²) in [5.41, 5.74) is 5.97. The maximum Gasteiger partial charge on any atom is 0.227 e. The van der Waals surface area contributed by atoms with Gasteiger partial charge in [0.15, 0.2) is 0 Å². The third-order valence-corrected chi connectivity index (χ3v) is 4.02. The largest absolute Gasteiger partial charge is 0.497 e. The average Bonchev–Trinajstić information content (AvgIpc) is 2.93. The van der Waals surface area contributed by atoms with Crippen molar-refractivity contribution in [3.05, 3.63) is 24.3 Å². The first kappa shape index (κ1) is 15.6. The van der Waals surface area contributed by atoms with E-state index in [0.29, 0.717) is 13.2 Å². The highest BCUT2D eigenvalue weighted by atomic mass is 16.5. The monoisotopic (exact) mass is 292 g/mol. The summed E-state index contributed by atoms with van der Waals surface area (Å²) in [4.78, 5) is 14.0. The number of likely N-dealkylation sites (N-methyl/N-ethyl adjacent to an activating group) is 1. The lowest BCUT2D eigenvalue weighted by Crippen LogP contribution is -2.41. The summed E-state index contributed by atoms with van der Waals surface area (Å²) in [6, 6.07) is 7.42. The molecule has 2 unspecified atom stereocenters. The minimum Gasteiger partial charge on any atom is -0.497 e. The van der Waals surface area contributed by atoms with Gasteiger partial charge >= 0.3 is 0 Å². The van der Waals surface area contributed by atoms with Crippen LogP contribution in [0.15, 0.2) is 24.3 Å². The Bertz CT molecular complexity index is 461. The molecule has 1 aromatic carbocycles. The third-order valence-electron chi connectivity index (χ3n) is 4.02. The zero-order valence-corrected chi connectivity index (χ0v) is 12.7. The first-order chi connectivity index (χ1) is 10.1. The van der Waals surface area contributed by atoms with Crippen LogP contribution in [-0.4, -0.2) is 44.2 Å².